The normalized spacial score (nSPS) is 16.2. The molecule has 1 amide bonds. The number of aryl methyl sites for hydroxylation is 1. The summed E-state index contributed by atoms with van der Waals surface area (Å²) >= 11 is 0. The van der Waals surface area contributed by atoms with Crippen molar-refractivity contribution >= 4 is 5.91 Å². The quantitative estimate of drug-likeness (QED) is 0.443. The fraction of sp³-hybridized carbons (Fsp3) is 0.280. The maximum absolute atomic E-state index is 13.6. The molecular formula is C25H24FN5O2. The van der Waals surface area contributed by atoms with Crippen molar-refractivity contribution in [1.29, 1.82) is 0 Å². The molecule has 8 heteroatoms. The summed E-state index contributed by atoms with van der Waals surface area (Å²) in [6.07, 6.45) is 4.83. The number of carbonyl (C=O) groups excluding carboxylic acids is 1. The molecular weight excluding hydrogens is 421 g/mol. The smallest absolute Gasteiger partial charge is 0.258 e. The SMILES string of the molecule is Cc1noc(-c2ccccc2C(=O)N2CCCC[C@H]2Cn2ccc(-c3ccc(F)cc3)n2)n1. The number of hydrogen-bond donors (Lipinski definition) is 0. The molecule has 0 saturated carbocycles. The van der Waals surface area contributed by atoms with Crippen molar-refractivity contribution in [3.63, 3.8) is 0 Å². The number of piperidine rings is 1. The molecule has 0 spiro atoms. The predicted molar refractivity (Wildman–Crippen MR) is 121 cm³/mol. The van der Waals surface area contributed by atoms with Crippen LogP contribution in [0.3, 0.4) is 0 Å². The Morgan fingerprint density at radius 3 is 2.73 bits per heavy atom. The van der Waals surface area contributed by atoms with Gasteiger partial charge in [-0.15, -0.1) is 0 Å². The topological polar surface area (TPSA) is 77.0 Å². The van der Waals surface area contributed by atoms with Crippen LogP contribution in [0.25, 0.3) is 22.7 Å². The Morgan fingerprint density at radius 2 is 1.94 bits per heavy atom. The molecule has 1 aliphatic rings. The molecule has 5 rings (SSSR count). The predicted octanol–water partition coefficient (Wildman–Crippen LogP) is 4.74. The molecule has 1 fully saturated rings. The lowest BCUT2D eigenvalue weighted by Crippen LogP contribution is -2.46. The summed E-state index contributed by atoms with van der Waals surface area (Å²) in [5.41, 5.74) is 2.84. The van der Waals surface area contributed by atoms with Gasteiger partial charge in [-0.1, -0.05) is 17.3 Å². The number of aromatic nitrogens is 4. The van der Waals surface area contributed by atoms with Crippen LogP contribution in [0.5, 0.6) is 0 Å². The van der Waals surface area contributed by atoms with Crippen molar-refractivity contribution in [3.8, 4) is 22.7 Å². The van der Waals surface area contributed by atoms with Gasteiger partial charge in [0, 0.05) is 18.3 Å². The van der Waals surface area contributed by atoms with Crippen LogP contribution in [-0.4, -0.2) is 43.3 Å². The van der Waals surface area contributed by atoms with Crippen LogP contribution in [0.2, 0.25) is 0 Å². The highest BCUT2D eigenvalue weighted by Crippen LogP contribution is 2.27. The third kappa shape index (κ3) is 4.41. The van der Waals surface area contributed by atoms with Gasteiger partial charge < -0.3 is 9.42 Å². The number of hydrogen-bond acceptors (Lipinski definition) is 5. The van der Waals surface area contributed by atoms with Gasteiger partial charge in [0.25, 0.3) is 11.8 Å². The number of amides is 1. The standard InChI is InChI=1S/C25H24FN5O2/c1-17-27-24(33-29-17)21-7-2-3-8-22(21)25(32)31-14-5-4-6-20(31)16-30-15-13-23(28-30)18-9-11-19(26)12-10-18/h2-3,7-13,15,20H,4-6,14,16H2,1H3/t20-/m0/s1. The highest BCUT2D eigenvalue weighted by Gasteiger charge is 2.30. The zero-order valence-electron chi connectivity index (χ0n) is 18.3. The van der Waals surface area contributed by atoms with Gasteiger partial charge in [0.15, 0.2) is 5.82 Å². The zero-order chi connectivity index (χ0) is 22.8. The van der Waals surface area contributed by atoms with Gasteiger partial charge in [0.05, 0.1) is 29.4 Å². The Kier molecular flexibility index (Phi) is 5.73. The van der Waals surface area contributed by atoms with Gasteiger partial charge in [0.1, 0.15) is 5.82 Å². The molecule has 0 bridgehead atoms. The van der Waals surface area contributed by atoms with E-state index < -0.39 is 0 Å². The van der Waals surface area contributed by atoms with Crippen molar-refractivity contribution in [2.24, 2.45) is 0 Å². The molecule has 0 radical (unpaired) electrons. The van der Waals surface area contributed by atoms with Crippen LogP contribution in [-0.2, 0) is 6.54 Å². The largest absolute Gasteiger partial charge is 0.334 e. The highest BCUT2D eigenvalue weighted by molar-refractivity contribution is 6.00. The average Bonchev–Trinajstić information content (AvgIpc) is 3.49. The minimum Gasteiger partial charge on any atom is -0.334 e. The third-order valence-electron chi connectivity index (χ3n) is 5.98. The van der Waals surface area contributed by atoms with E-state index in [4.69, 9.17) is 4.52 Å². The summed E-state index contributed by atoms with van der Waals surface area (Å²) < 4.78 is 20.4. The maximum Gasteiger partial charge on any atom is 0.258 e. The van der Waals surface area contributed by atoms with Gasteiger partial charge in [0.2, 0.25) is 0 Å². The molecule has 0 unspecified atom stereocenters. The van der Waals surface area contributed by atoms with Crippen LogP contribution in [0.15, 0.2) is 65.3 Å². The van der Waals surface area contributed by atoms with Gasteiger partial charge in [-0.3, -0.25) is 9.48 Å². The number of carbonyl (C=O) groups is 1. The summed E-state index contributed by atoms with van der Waals surface area (Å²) in [4.78, 5) is 19.9. The summed E-state index contributed by atoms with van der Waals surface area (Å²) in [5, 5.41) is 8.53. The van der Waals surface area contributed by atoms with Crippen molar-refractivity contribution in [3.05, 3.63) is 78.0 Å². The van der Waals surface area contributed by atoms with E-state index >= 15 is 0 Å². The van der Waals surface area contributed by atoms with Gasteiger partial charge in [-0.05, 0) is 68.7 Å². The fourth-order valence-electron chi connectivity index (χ4n) is 4.33. The lowest BCUT2D eigenvalue weighted by molar-refractivity contribution is 0.0584. The lowest BCUT2D eigenvalue weighted by atomic mass is 9.99. The molecule has 33 heavy (non-hydrogen) atoms. The Balaban J connectivity index is 1.38. The van der Waals surface area contributed by atoms with Crippen LogP contribution in [0, 0.1) is 12.7 Å². The minimum absolute atomic E-state index is 0.0182. The van der Waals surface area contributed by atoms with E-state index in [0.717, 1.165) is 30.5 Å². The molecule has 7 nitrogen and oxygen atoms in total. The first-order valence-corrected chi connectivity index (χ1v) is 11.1. The second-order valence-electron chi connectivity index (χ2n) is 8.27. The molecule has 1 aliphatic heterocycles. The minimum atomic E-state index is -0.273. The number of halogens is 1. The first-order valence-electron chi connectivity index (χ1n) is 11.1. The van der Waals surface area contributed by atoms with E-state index in [1.165, 1.54) is 12.1 Å². The monoisotopic (exact) mass is 445 g/mol. The first-order chi connectivity index (χ1) is 16.1. The van der Waals surface area contributed by atoms with E-state index in [2.05, 4.69) is 15.2 Å². The second kappa shape index (κ2) is 8.97. The summed E-state index contributed by atoms with van der Waals surface area (Å²) in [7, 11) is 0. The van der Waals surface area contributed by atoms with Crippen molar-refractivity contribution < 1.29 is 13.7 Å². The molecule has 4 aromatic rings. The maximum atomic E-state index is 13.6. The molecule has 168 valence electrons. The van der Waals surface area contributed by atoms with E-state index in [-0.39, 0.29) is 17.8 Å². The summed E-state index contributed by atoms with van der Waals surface area (Å²) in [5.74, 6) is 0.558. The average molecular weight is 445 g/mol. The van der Waals surface area contributed by atoms with Crippen molar-refractivity contribution in [2.75, 3.05) is 6.54 Å². The highest BCUT2D eigenvalue weighted by atomic mass is 19.1. The van der Waals surface area contributed by atoms with Gasteiger partial charge >= 0.3 is 0 Å². The van der Waals surface area contributed by atoms with Crippen LogP contribution < -0.4 is 0 Å². The van der Waals surface area contributed by atoms with E-state index in [1.807, 2.05) is 46.1 Å². The summed E-state index contributed by atoms with van der Waals surface area (Å²) in [6.45, 7) is 3.03. The number of nitrogens with zero attached hydrogens (tertiary/aromatic N) is 5. The van der Waals surface area contributed by atoms with Gasteiger partial charge in [-0.25, -0.2) is 4.39 Å². The molecule has 0 aliphatic carbocycles. The molecule has 2 aromatic heterocycles. The van der Waals surface area contributed by atoms with Crippen molar-refractivity contribution in [1.82, 2.24) is 24.8 Å². The lowest BCUT2D eigenvalue weighted by Gasteiger charge is -2.36. The third-order valence-corrected chi connectivity index (χ3v) is 5.98. The van der Waals surface area contributed by atoms with Crippen molar-refractivity contribution in [2.45, 2.75) is 38.8 Å². The Bertz CT molecular complexity index is 1260. The van der Waals surface area contributed by atoms with Gasteiger partial charge in [-0.2, -0.15) is 10.1 Å². The Morgan fingerprint density at radius 1 is 1.12 bits per heavy atom. The first kappa shape index (κ1) is 21.1. The van der Waals surface area contributed by atoms with E-state index in [9.17, 15) is 9.18 Å². The number of benzene rings is 2. The van der Waals surface area contributed by atoms with Crippen LogP contribution >= 0.6 is 0 Å². The van der Waals surface area contributed by atoms with Crippen LogP contribution in [0.1, 0.15) is 35.4 Å². The second-order valence-corrected chi connectivity index (χ2v) is 8.27. The summed E-state index contributed by atoms with van der Waals surface area (Å²) in [6, 6.07) is 15.6. The molecule has 1 saturated heterocycles. The van der Waals surface area contributed by atoms with E-state index in [0.29, 0.717) is 35.9 Å². The Hall–Kier alpha value is -3.81. The molecule has 1 atom stereocenters. The Labute approximate surface area is 190 Å². The number of rotatable bonds is 5. The zero-order valence-corrected chi connectivity index (χ0v) is 18.3. The van der Waals surface area contributed by atoms with E-state index in [1.54, 1.807) is 19.1 Å². The van der Waals surface area contributed by atoms with Crippen LogP contribution in [0.4, 0.5) is 4.39 Å². The molecule has 2 aromatic carbocycles. The fourth-order valence-corrected chi connectivity index (χ4v) is 4.33. The molecule has 3 heterocycles. The molecule has 0 N–H and O–H groups in total. The number of likely N-dealkylation sites (tertiary alicyclic amines) is 1.